The third-order valence-electron chi connectivity index (χ3n) is 3.24. The van der Waals surface area contributed by atoms with Gasteiger partial charge in [-0.15, -0.1) is 11.3 Å². The lowest BCUT2D eigenvalue weighted by molar-refractivity contribution is 0.589. The van der Waals surface area contributed by atoms with Crippen molar-refractivity contribution in [2.24, 2.45) is 0 Å². The van der Waals surface area contributed by atoms with Gasteiger partial charge in [0.25, 0.3) is 0 Å². The van der Waals surface area contributed by atoms with Crippen LogP contribution in [0.3, 0.4) is 0 Å². The molecule has 1 nitrogen and oxygen atoms in total. The SMILES string of the molecule is Cc1ccc(CNCc2ccc(C(C)(C)C)cc2)s1. The number of hydrogen-bond donors (Lipinski definition) is 1. The molecule has 19 heavy (non-hydrogen) atoms. The molecule has 0 fully saturated rings. The van der Waals surface area contributed by atoms with Gasteiger partial charge in [0, 0.05) is 22.8 Å². The van der Waals surface area contributed by atoms with Crippen molar-refractivity contribution in [3.8, 4) is 0 Å². The predicted octanol–water partition coefficient (Wildman–Crippen LogP) is 4.64. The van der Waals surface area contributed by atoms with Crippen LogP contribution >= 0.6 is 11.3 Å². The molecule has 0 aliphatic heterocycles. The minimum absolute atomic E-state index is 0.237. The van der Waals surface area contributed by atoms with Gasteiger partial charge in [0.2, 0.25) is 0 Å². The molecule has 1 aromatic carbocycles. The summed E-state index contributed by atoms with van der Waals surface area (Å²) < 4.78 is 0. The quantitative estimate of drug-likeness (QED) is 0.855. The zero-order chi connectivity index (χ0) is 13.9. The molecule has 1 N–H and O–H groups in total. The summed E-state index contributed by atoms with van der Waals surface area (Å²) in [5.74, 6) is 0. The first kappa shape index (κ1) is 14.3. The molecule has 1 aromatic heterocycles. The topological polar surface area (TPSA) is 12.0 Å². The highest BCUT2D eigenvalue weighted by Gasteiger charge is 2.12. The summed E-state index contributed by atoms with van der Waals surface area (Å²) in [6.45, 7) is 10.8. The lowest BCUT2D eigenvalue weighted by atomic mass is 9.87. The summed E-state index contributed by atoms with van der Waals surface area (Å²) >= 11 is 1.87. The Morgan fingerprint density at radius 1 is 0.947 bits per heavy atom. The first-order chi connectivity index (χ1) is 8.95. The van der Waals surface area contributed by atoms with E-state index < -0.39 is 0 Å². The van der Waals surface area contributed by atoms with E-state index in [9.17, 15) is 0 Å². The molecule has 102 valence electrons. The Hall–Kier alpha value is -1.12. The maximum Gasteiger partial charge on any atom is 0.0303 e. The van der Waals surface area contributed by atoms with Crippen LogP contribution < -0.4 is 5.32 Å². The van der Waals surface area contributed by atoms with Crippen LogP contribution in [0, 0.1) is 6.92 Å². The lowest BCUT2D eigenvalue weighted by Gasteiger charge is -2.19. The van der Waals surface area contributed by atoms with Gasteiger partial charge in [-0.3, -0.25) is 0 Å². The first-order valence-corrected chi connectivity index (χ1v) is 7.62. The van der Waals surface area contributed by atoms with Crippen molar-refractivity contribution >= 4 is 11.3 Å². The molecule has 0 atom stereocenters. The van der Waals surface area contributed by atoms with Crippen LogP contribution in [0.5, 0.6) is 0 Å². The van der Waals surface area contributed by atoms with E-state index in [4.69, 9.17) is 0 Å². The molecule has 0 bridgehead atoms. The Labute approximate surface area is 120 Å². The van der Waals surface area contributed by atoms with Crippen molar-refractivity contribution < 1.29 is 0 Å². The minimum Gasteiger partial charge on any atom is -0.308 e. The highest BCUT2D eigenvalue weighted by atomic mass is 32.1. The summed E-state index contributed by atoms with van der Waals surface area (Å²) in [4.78, 5) is 2.79. The summed E-state index contributed by atoms with van der Waals surface area (Å²) in [5, 5.41) is 3.50. The number of nitrogens with one attached hydrogen (secondary N) is 1. The molecule has 0 saturated heterocycles. The number of rotatable bonds is 4. The molecule has 2 rings (SSSR count). The Morgan fingerprint density at radius 2 is 1.63 bits per heavy atom. The lowest BCUT2D eigenvalue weighted by Crippen LogP contribution is -2.13. The number of hydrogen-bond acceptors (Lipinski definition) is 2. The van der Waals surface area contributed by atoms with Gasteiger partial charge in [0.05, 0.1) is 0 Å². The molecule has 0 unspecified atom stereocenters. The zero-order valence-electron chi connectivity index (χ0n) is 12.3. The van der Waals surface area contributed by atoms with E-state index in [0.717, 1.165) is 13.1 Å². The number of thiophene rings is 1. The smallest absolute Gasteiger partial charge is 0.0303 e. The van der Waals surface area contributed by atoms with Crippen LogP contribution in [0.15, 0.2) is 36.4 Å². The van der Waals surface area contributed by atoms with E-state index in [1.54, 1.807) is 0 Å². The van der Waals surface area contributed by atoms with Gasteiger partial charge >= 0.3 is 0 Å². The molecule has 2 heteroatoms. The Morgan fingerprint density at radius 3 is 2.16 bits per heavy atom. The van der Waals surface area contributed by atoms with Crippen LogP contribution in [0.1, 0.15) is 41.7 Å². The van der Waals surface area contributed by atoms with Gasteiger partial charge < -0.3 is 5.32 Å². The molecule has 2 aromatic rings. The largest absolute Gasteiger partial charge is 0.308 e. The molecule has 1 heterocycles. The Balaban J connectivity index is 1.86. The van der Waals surface area contributed by atoms with Crippen molar-refractivity contribution in [1.29, 1.82) is 0 Å². The highest BCUT2D eigenvalue weighted by molar-refractivity contribution is 7.11. The fourth-order valence-corrected chi connectivity index (χ4v) is 2.89. The van der Waals surface area contributed by atoms with Crippen LogP contribution in [-0.2, 0) is 18.5 Å². The van der Waals surface area contributed by atoms with Crippen LogP contribution in [0.25, 0.3) is 0 Å². The van der Waals surface area contributed by atoms with Gasteiger partial charge in [0.1, 0.15) is 0 Å². The Bertz CT molecular complexity index is 517. The van der Waals surface area contributed by atoms with Crippen LogP contribution in [-0.4, -0.2) is 0 Å². The summed E-state index contributed by atoms with van der Waals surface area (Å²) in [7, 11) is 0. The standard InChI is InChI=1S/C17H23NS/c1-13-5-10-16(19-13)12-18-11-14-6-8-15(9-7-14)17(2,3)4/h5-10,18H,11-12H2,1-4H3. The molecule has 0 spiro atoms. The average Bonchev–Trinajstić information content (AvgIpc) is 2.75. The van der Waals surface area contributed by atoms with E-state index >= 15 is 0 Å². The normalized spacial score (nSPS) is 11.8. The monoisotopic (exact) mass is 273 g/mol. The van der Waals surface area contributed by atoms with Gasteiger partial charge in [0.15, 0.2) is 0 Å². The third kappa shape index (κ3) is 4.19. The van der Waals surface area contributed by atoms with E-state index in [2.05, 4.69) is 69.4 Å². The number of benzene rings is 1. The summed E-state index contributed by atoms with van der Waals surface area (Å²) in [5.41, 5.74) is 2.98. The highest BCUT2D eigenvalue weighted by Crippen LogP contribution is 2.22. The molecular weight excluding hydrogens is 250 g/mol. The van der Waals surface area contributed by atoms with Crippen molar-refractivity contribution in [1.82, 2.24) is 5.32 Å². The van der Waals surface area contributed by atoms with Gasteiger partial charge in [-0.25, -0.2) is 0 Å². The molecule has 0 aliphatic rings. The van der Waals surface area contributed by atoms with Crippen molar-refractivity contribution in [2.45, 2.75) is 46.2 Å². The molecular formula is C17H23NS. The second-order valence-electron chi connectivity index (χ2n) is 6.06. The van der Waals surface area contributed by atoms with Crippen LogP contribution in [0.4, 0.5) is 0 Å². The summed E-state index contributed by atoms with van der Waals surface area (Å²) in [6, 6.07) is 13.3. The van der Waals surface area contributed by atoms with Crippen molar-refractivity contribution in [2.75, 3.05) is 0 Å². The first-order valence-electron chi connectivity index (χ1n) is 6.80. The van der Waals surface area contributed by atoms with Crippen molar-refractivity contribution in [3.63, 3.8) is 0 Å². The minimum atomic E-state index is 0.237. The van der Waals surface area contributed by atoms with Gasteiger partial charge in [-0.2, -0.15) is 0 Å². The van der Waals surface area contributed by atoms with Gasteiger partial charge in [-0.05, 0) is 35.6 Å². The third-order valence-corrected chi connectivity index (χ3v) is 4.24. The molecule has 0 amide bonds. The van der Waals surface area contributed by atoms with E-state index in [-0.39, 0.29) is 5.41 Å². The fraction of sp³-hybridized carbons (Fsp3) is 0.412. The van der Waals surface area contributed by atoms with Crippen LogP contribution in [0.2, 0.25) is 0 Å². The number of aryl methyl sites for hydroxylation is 1. The average molecular weight is 273 g/mol. The Kier molecular flexibility index (Phi) is 4.43. The zero-order valence-corrected chi connectivity index (χ0v) is 13.1. The molecule has 0 radical (unpaired) electrons. The maximum atomic E-state index is 3.50. The maximum absolute atomic E-state index is 3.50. The second-order valence-corrected chi connectivity index (χ2v) is 7.44. The molecule has 0 aliphatic carbocycles. The summed E-state index contributed by atoms with van der Waals surface area (Å²) in [6.07, 6.45) is 0. The van der Waals surface area contributed by atoms with Crippen molar-refractivity contribution in [3.05, 3.63) is 57.3 Å². The second kappa shape index (κ2) is 5.89. The van der Waals surface area contributed by atoms with E-state index in [1.807, 2.05) is 11.3 Å². The van der Waals surface area contributed by atoms with Gasteiger partial charge in [-0.1, -0.05) is 45.0 Å². The van der Waals surface area contributed by atoms with E-state index in [1.165, 1.54) is 20.9 Å². The fourth-order valence-electron chi connectivity index (χ4n) is 2.03. The predicted molar refractivity (Wildman–Crippen MR) is 84.7 cm³/mol. The molecule has 0 saturated carbocycles. The van der Waals surface area contributed by atoms with E-state index in [0.29, 0.717) is 0 Å².